The van der Waals surface area contributed by atoms with Gasteiger partial charge in [0.25, 0.3) is 5.91 Å². The van der Waals surface area contributed by atoms with Crippen molar-refractivity contribution in [1.82, 2.24) is 15.1 Å². The number of halogens is 2. The number of carbonyl (C=O) groups is 2. The number of likely N-dealkylation sites (N-methyl/N-ethyl adjacent to an activating group) is 1. The van der Waals surface area contributed by atoms with Crippen molar-refractivity contribution in [3.63, 3.8) is 0 Å². The van der Waals surface area contributed by atoms with Crippen LogP contribution < -0.4 is 5.32 Å². The lowest BCUT2D eigenvalue weighted by Gasteiger charge is -2.58. The number of likely N-dealkylation sites (tertiary alicyclic amines) is 1. The molecule has 1 saturated heterocycles. The first kappa shape index (κ1) is 33.0. The number of nitrogens with zero attached hydrogens (tertiary/aromatic N) is 2. The van der Waals surface area contributed by atoms with E-state index in [4.69, 9.17) is 23.2 Å². The third-order valence-electron chi connectivity index (χ3n) is 11.9. The number of benzene rings is 3. The van der Waals surface area contributed by atoms with Gasteiger partial charge in [-0.3, -0.25) is 14.5 Å². The number of aryl methyl sites for hydroxylation is 2. The molecule has 1 aliphatic rings. The average Bonchev–Trinajstić information content (AvgIpc) is 3.09. The summed E-state index contributed by atoms with van der Waals surface area (Å²) in [5, 5.41) is 3.65. The topological polar surface area (TPSA) is 52.6 Å². The predicted molar refractivity (Wildman–Crippen MR) is 211 cm³/mol. The summed E-state index contributed by atoms with van der Waals surface area (Å²) in [5.41, 5.74) is 4.57. The number of hydrogen-bond donors (Lipinski definition) is 1. The van der Waals surface area contributed by atoms with Gasteiger partial charge in [0.1, 0.15) is 0 Å². The van der Waals surface area contributed by atoms with Crippen molar-refractivity contribution in [3.8, 4) is 0 Å². The van der Waals surface area contributed by atoms with E-state index in [2.05, 4.69) is 5.32 Å². The summed E-state index contributed by atoms with van der Waals surface area (Å²) in [6.07, 6.45) is -2.83. The molecule has 5 atom stereocenters. The Balaban J connectivity index is 1.94. The largest absolute Gasteiger partial charge is 0.346 e. The predicted octanol–water partition coefficient (Wildman–Crippen LogP) is 10.2. The summed E-state index contributed by atoms with van der Waals surface area (Å²) >= 11 is 13.4. The molecule has 0 radical (unpaired) electrons. The molecule has 4 rings (SSSR count). The van der Waals surface area contributed by atoms with Gasteiger partial charge in [-0.25, -0.2) is 0 Å². The molecule has 0 aliphatic carbocycles. The Morgan fingerprint density at radius 3 is 2.22 bits per heavy atom. The molecular formula is C43H59Cl2N3O2. The van der Waals surface area contributed by atoms with E-state index in [-0.39, 0.29) is 12.5 Å². The third-order valence-corrected chi connectivity index (χ3v) is 12.8. The fourth-order valence-corrected chi connectivity index (χ4v) is 8.12. The van der Waals surface area contributed by atoms with Crippen molar-refractivity contribution in [2.75, 3.05) is 20.1 Å². The molecule has 50 heavy (non-hydrogen) atoms. The normalized spacial score (nSPS) is 26.0. The molecule has 272 valence electrons. The van der Waals surface area contributed by atoms with Crippen LogP contribution in [-0.4, -0.2) is 53.3 Å². The number of hydrogen-bond acceptors (Lipinski definition) is 3. The summed E-state index contributed by atoms with van der Waals surface area (Å²) in [5.74, 6) is -3.44. The molecule has 4 unspecified atom stereocenters. The van der Waals surface area contributed by atoms with Crippen molar-refractivity contribution in [2.24, 2.45) is 11.8 Å². The highest BCUT2D eigenvalue weighted by molar-refractivity contribution is 6.42. The molecule has 1 heterocycles. The van der Waals surface area contributed by atoms with Gasteiger partial charge in [-0.1, -0.05) is 61.3 Å². The molecule has 3 aromatic rings. The molecule has 0 saturated carbocycles. The molecule has 3 aromatic carbocycles. The van der Waals surface area contributed by atoms with Crippen molar-refractivity contribution >= 4 is 35.0 Å². The Hall–Kier alpha value is -2.86. The molecule has 0 aromatic heterocycles. The lowest BCUT2D eigenvalue weighted by atomic mass is 9.63. The van der Waals surface area contributed by atoms with Crippen LogP contribution in [0.15, 0.2) is 36.4 Å². The fourth-order valence-electron chi connectivity index (χ4n) is 7.66. The minimum atomic E-state index is -2.83. The summed E-state index contributed by atoms with van der Waals surface area (Å²) < 4.78 is 49.4. The summed E-state index contributed by atoms with van der Waals surface area (Å²) in [6, 6.07) is 10.5. The maximum Gasteiger partial charge on any atom is 0.254 e. The van der Waals surface area contributed by atoms with Crippen LogP contribution >= 0.6 is 23.2 Å². The highest BCUT2D eigenvalue weighted by atomic mass is 35.5. The Kier molecular flexibility index (Phi) is 9.91. The van der Waals surface area contributed by atoms with Gasteiger partial charge in [-0.05, 0) is 144 Å². The van der Waals surface area contributed by atoms with E-state index in [1.54, 1.807) is 44.9 Å². The lowest BCUT2D eigenvalue weighted by molar-refractivity contribution is -0.125. The zero-order valence-electron chi connectivity index (χ0n) is 37.4. The summed E-state index contributed by atoms with van der Waals surface area (Å²) in [6.45, 7) is 21.1. The Labute approximate surface area is 319 Å². The molecule has 2 amide bonds. The average molecular weight is 726 g/mol. The SMILES string of the molecule is [2H]C1([2H])N(CC(C)[C@@H](c2cc(Cl)c(Cl)c(C)c2C)C(C)N(C)C(=O)c2ccc(C)c(C)c2C)C(C)(C)C([2H])(C)C(NC(C)=O)(c2cccc(C)c2C)C1([2H])[2H]. The van der Waals surface area contributed by atoms with Crippen molar-refractivity contribution in [2.45, 2.75) is 119 Å². The van der Waals surface area contributed by atoms with Gasteiger partial charge in [0.2, 0.25) is 5.91 Å². The van der Waals surface area contributed by atoms with Crippen LogP contribution in [0, 0.1) is 60.3 Å². The minimum absolute atomic E-state index is 0.00459. The van der Waals surface area contributed by atoms with Crippen LogP contribution in [0.5, 0.6) is 0 Å². The molecule has 5 nitrogen and oxygen atoms in total. The second kappa shape index (κ2) is 15.0. The maximum absolute atomic E-state index is 14.3. The monoisotopic (exact) mass is 724 g/mol. The molecule has 1 fully saturated rings. The second-order valence-corrected chi connectivity index (χ2v) is 15.8. The van der Waals surface area contributed by atoms with E-state index in [9.17, 15) is 16.4 Å². The van der Waals surface area contributed by atoms with E-state index in [1.807, 2.05) is 86.6 Å². The standard InChI is InChI=1S/C43H59Cl2N3O2/c1-24-16-15-17-37(28(24)5)43(46-34(11)49)20-21-48(42(12,13)33(43)10)23-26(3)39(36-22-38(44)40(45)31(8)30(36)7)32(9)47(14)41(50)35-19-18-25(2)27(4)29(35)6/h15-19,22,26,32-33,39H,20-21,23H2,1-14H3,(H,46,49)/t26?,32?,33?,39-,43?/m1/s1/i20D2,21D2,33D. The van der Waals surface area contributed by atoms with E-state index >= 15 is 0 Å². The maximum atomic E-state index is 14.3. The minimum Gasteiger partial charge on any atom is -0.346 e. The molecule has 1 aliphatic heterocycles. The number of rotatable bonds is 9. The van der Waals surface area contributed by atoms with Crippen LogP contribution in [-0.2, 0) is 10.3 Å². The van der Waals surface area contributed by atoms with Gasteiger partial charge in [-0.2, -0.15) is 0 Å². The summed E-state index contributed by atoms with van der Waals surface area (Å²) in [7, 11) is 1.77. The van der Waals surface area contributed by atoms with Crippen molar-refractivity contribution in [1.29, 1.82) is 0 Å². The molecule has 0 spiro atoms. The smallest absolute Gasteiger partial charge is 0.254 e. The fraction of sp³-hybridized carbons (Fsp3) is 0.535. The van der Waals surface area contributed by atoms with E-state index in [0.29, 0.717) is 26.7 Å². The van der Waals surface area contributed by atoms with Crippen LogP contribution in [0.2, 0.25) is 10.0 Å². The first-order valence-electron chi connectivity index (χ1n) is 20.0. The highest BCUT2D eigenvalue weighted by Gasteiger charge is 2.53. The van der Waals surface area contributed by atoms with Crippen molar-refractivity contribution in [3.05, 3.63) is 102 Å². The van der Waals surface area contributed by atoms with Gasteiger partial charge in [0.05, 0.1) is 15.6 Å². The Morgan fingerprint density at radius 1 is 0.980 bits per heavy atom. The number of amides is 2. The zero-order chi connectivity index (χ0) is 42.1. The molecule has 7 heteroatoms. The number of nitrogens with one attached hydrogen (secondary N) is 1. The number of carbonyl (C=O) groups excluding carboxylic acids is 2. The number of piperidine rings is 1. The Bertz CT molecular complexity index is 1990. The first-order valence-corrected chi connectivity index (χ1v) is 18.2. The zero-order valence-corrected chi connectivity index (χ0v) is 33.9. The highest BCUT2D eigenvalue weighted by Crippen LogP contribution is 2.48. The molecular weight excluding hydrogens is 661 g/mol. The van der Waals surface area contributed by atoms with Gasteiger partial charge < -0.3 is 10.2 Å². The van der Waals surface area contributed by atoms with E-state index in [1.165, 1.54) is 11.8 Å². The van der Waals surface area contributed by atoms with E-state index in [0.717, 1.165) is 38.9 Å². The first-order chi connectivity index (χ1) is 25.1. The van der Waals surface area contributed by atoms with Crippen LogP contribution in [0.1, 0.15) is 121 Å². The van der Waals surface area contributed by atoms with Crippen molar-refractivity contribution < 1.29 is 16.4 Å². The second-order valence-electron chi connectivity index (χ2n) is 15.1. The quantitative estimate of drug-likeness (QED) is 0.239. The lowest BCUT2D eigenvalue weighted by Crippen LogP contribution is -2.67. The van der Waals surface area contributed by atoms with Gasteiger partial charge >= 0.3 is 0 Å². The summed E-state index contributed by atoms with van der Waals surface area (Å²) in [4.78, 5) is 30.6. The molecule has 1 N–H and O–H groups in total. The molecule has 0 bridgehead atoms. The van der Waals surface area contributed by atoms with Crippen LogP contribution in [0.3, 0.4) is 0 Å². The van der Waals surface area contributed by atoms with Gasteiger partial charge in [0.15, 0.2) is 0 Å². The van der Waals surface area contributed by atoms with Crippen LogP contribution in [0.25, 0.3) is 0 Å². The van der Waals surface area contributed by atoms with Gasteiger partial charge in [0, 0.05) is 62.8 Å². The van der Waals surface area contributed by atoms with E-state index < -0.39 is 53.6 Å². The van der Waals surface area contributed by atoms with Crippen LogP contribution in [0.4, 0.5) is 0 Å². The Morgan fingerprint density at radius 2 is 1.60 bits per heavy atom. The van der Waals surface area contributed by atoms with Gasteiger partial charge in [-0.15, -0.1) is 0 Å². The third kappa shape index (κ3) is 7.12.